The zero-order valence-corrected chi connectivity index (χ0v) is 21.2. The van der Waals surface area contributed by atoms with Crippen molar-refractivity contribution >= 4 is 28.4 Å². The molecule has 0 radical (unpaired) electrons. The molecule has 0 spiro atoms. The molecule has 0 N–H and O–H groups in total. The number of carbonyl (C=O) groups is 2. The first-order chi connectivity index (χ1) is 17.3. The minimum Gasteiger partial charge on any atom is -0.475 e. The largest absolute Gasteiger partial charge is 0.511 e. The van der Waals surface area contributed by atoms with Crippen LogP contribution in [0.2, 0.25) is 0 Å². The monoisotopic (exact) mass is 603 g/mol. The van der Waals surface area contributed by atoms with E-state index in [2.05, 4.69) is 23.8 Å². The SMILES string of the molecule is Cc1cc(S(F)(F)(F)(F)F)cc2c1OC(C(F)(F)F)C(C(=O)OC(C)OC(=O)OCC(C)(C)CO[N+](=O)[O-])=C2. The summed E-state index contributed by atoms with van der Waals surface area (Å²) in [4.78, 5) is 36.3. The molecule has 0 saturated heterocycles. The van der Waals surface area contributed by atoms with Gasteiger partial charge < -0.3 is 23.8 Å². The van der Waals surface area contributed by atoms with Crippen LogP contribution in [0.3, 0.4) is 0 Å². The summed E-state index contributed by atoms with van der Waals surface area (Å²) in [7, 11) is -10.3. The summed E-state index contributed by atoms with van der Waals surface area (Å²) in [6.45, 7) is 3.50. The first kappa shape index (κ1) is 31.7. The van der Waals surface area contributed by atoms with Gasteiger partial charge in [0.05, 0.1) is 5.57 Å². The summed E-state index contributed by atoms with van der Waals surface area (Å²) >= 11 is 0. The maximum atomic E-state index is 13.6. The molecule has 2 unspecified atom stereocenters. The Morgan fingerprint density at radius 2 is 1.69 bits per heavy atom. The maximum Gasteiger partial charge on any atom is 0.511 e. The summed E-state index contributed by atoms with van der Waals surface area (Å²) in [6, 6.07) is -0.233. The molecule has 0 aliphatic carbocycles. The fourth-order valence-electron chi connectivity index (χ4n) is 3.03. The minimum absolute atomic E-state index is 0.0721. The van der Waals surface area contributed by atoms with Gasteiger partial charge in [0.1, 0.15) is 23.9 Å². The van der Waals surface area contributed by atoms with Crippen LogP contribution in [-0.2, 0) is 23.8 Å². The number of ether oxygens (including phenoxy) is 4. The van der Waals surface area contributed by atoms with E-state index in [0.717, 1.165) is 13.8 Å². The topological polar surface area (TPSA) is 123 Å². The molecule has 0 bridgehead atoms. The van der Waals surface area contributed by atoms with Crippen molar-refractivity contribution in [1.82, 2.24) is 0 Å². The van der Waals surface area contributed by atoms with E-state index in [-0.39, 0.29) is 18.2 Å². The molecule has 222 valence electrons. The molecule has 1 aromatic carbocycles. The smallest absolute Gasteiger partial charge is 0.475 e. The maximum absolute atomic E-state index is 13.6. The van der Waals surface area contributed by atoms with Gasteiger partial charge in [0.2, 0.25) is 12.4 Å². The molecule has 2 atom stereocenters. The zero-order valence-electron chi connectivity index (χ0n) is 20.4. The zero-order chi connectivity index (χ0) is 30.3. The van der Waals surface area contributed by atoms with Gasteiger partial charge in [-0.05, 0) is 30.7 Å². The number of aryl methyl sites for hydroxylation is 1. The lowest BCUT2D eigenvalue weighted by molar-refractivity contribution is -0.760. The number of fused-ring (bicyclic) bond motifs is 1. The van der Waals surface area contributed by atoms with Gasteiger partial charge in [-0.15, -0.1) is 10.1 Å². The molecule has 0 fully saturated rings. The number of benzene rings is 1. The molecule has 0 amide bonds. The third-order valence-corrected chi connectivity index (χ3v) is 5.89. The normalized spacial score (nSPS) is 18.3. The molecule has 39 heavy (non-hydrogen) atoms. The van der Waals surface area contributed by atoms with E-state index >= 15 is 0 Å². The van der Waals surface area contributed by atoms with Crippen LogP contribution in [0.25, 0.3) is 6.08 Å². The van der Waals surface area contributed by atoms with Crippen LogP contribution in [0.15, 0.2) is 22.6 Å². The number of alkyl halides is 3. The van der Waals surface area contributed by atoms with Crippen molar-refractivity contribution in [2.45, 2.75) is 51.2 Å². The Labute approximate surface area is 214 Å². The Morgan fingerprint density at radius 1 is 1.10 bits per heavy atom. The molecule has 2 rings (SSSR count). The first-order valence-electron chi connectivity index (χ1n) is 10.4. The highest BCUT2D eigenvalue weighted by Gasteiger charge is 2.65. The van der Waals surface area contributed by atoms with Crippen molar-refractivity contribution in [3.8, 4) is 5.75 Å². The van der Waals surface area contributed by atoms with Crippen LogP contribution in [0.5, 0.6) is 5.75 Å². The third kappa shape index (κ3) is 8.75. The number of hydrogen-bond acceptors (Lipinski definition) is 9. The van der Waals surface area contributed by atoms with Crippen molar-refractivity contribution in [2.75, 3.05) is 13.2 Å². The molecular weight excluding hydrogens is 582 g/mol. The Hall–Kier alpha value is -3.51. The highest BCUT2D eigenvalue weighted by Crippen LogP contribution is 3.02. The highest BCUT2D eigenvalue weighted by molar-refractivity contribution is 8.45. The Balaban J connectivity index is 2.25. The summed E-state index contributed by atoms with van der Waals surface area (Å²) in [5, 5.41) is 9.17. The molecule has 19 heteroatoms. The number of nitrogens with zero attached hydrogens (tertiary/aromatic N) is 1. The van der Waals surface area contributed by atoms with E-state index in [1.807, 2.05) is 0 Å². The van der Waals surface area contributed by atoms with E-state index in [1.54, 1.807) is 0 Å². The Morgan fingerprint density at radius 3 is 2.21 bits per heavy atom. The lowest BCUT2D eigenvalue weighted by Gasteiger charge is -2.41. The number of hydrogen-bond donors (Lipinski definition) is 0. The van der Waals surface area contributed by atoms with Crippen molar-refractivity contribution in [2.24, 2.45) is 5.41 Å². The van der Waals surface area contributed by atoms with Gasteiger partial charge in [-0.1, -0.05) is 33.3 Å². The van der Waals surface area contributed by atoms with Crippen LogP contribution in [0.1, 0.15) is 31.9 Å². The van der Waals surface area contributed by atoms with Crippen molar-refractivity contribution in [1.29, 1.82) is 0 Å². The lowest BCUT2D eigenvalue weighted by atomic mass is 9.97. The van der Waals surface area contributed by atoms with Crippen LogP contribution >= 0.6 is 10.2 Å². The summed E-state index contributed by atoms with van der Waals surface area (Å²) < 4.78 is 126. The van der Waals surface area contributed by atoms with Gasteiger partial charge in [-0.25, -0.2) is 9.59 Å². The molecule has 1 aliphatic rings. The summed E-state index contributed by atoms with van der Waals surface area (Å²) in [6.07, 6.45) is -11.6. The van der Waals surface area contributed by atoms with Gasteiger partial charge in [0.25, 0.3) is 5.09 Å². The average Bonchev–Trinajstić information content (AvgIpc) is 2.73. The lowest BCUT2D eigenvalue weighted by Crippen LogP contribution is -2.41. The summed E-state index contributed by atoms with van der Waals surface area (Å²) in [5.74, 6) is -2.69. The van der Waals surface area contributed by atoms with Crippen LogP contribution in [0, 0.1) is 22.5 Å². The number of halogens is 8. The van der Waals surface area contributed by atoms with E-state index in [0.29, 0.717) is 0 Å². The molecule has 0 aromatic heterocycles. The average molecular weight is 603 g/mol. The van der Waals surface area contributed by atoms with Gasteiger partial charge in [0, 0.05) is 17.9 Å². The molecule has 0 saturated carbocycles. The number of esters is 1. The standard InChI is InChI=1S/C20H21F8NO9S/c1-10-5-13(39(24,25,26,27)28)6-12-7-14(16(20(21,22)23)38-15(10)12)17(30)36-11(2)37-18(31)34-8-19(3,4)9-35-29(32)33/h5-7,11,16H,8-9H2,1-4H3. The van der Waals surface area contributed by atoms with Gasteiger partial charge in [0.15, 0.2) is 0 Å². The second kappa shape index (κ2) is 9.60. The predicted molar refractivity (Wildman–Crippen MR) is 116 cm³/mol. The first-order valence-corrected chi connectivity index (χ1v) is 12.4. The second-order valence-electron chi connectivity index (χ2n) is 9.06. The quantitative estimate of drug-likeness (QED) is 0.101. The third-order valence-electron chi connectivity index (χ3n) is 4.76. The second-order valence-corrected chi connectivity index (χ2v) is 11.5. The van der Waals surface area contributed by atoms with Gasteiger partial charge in [-0.3, -0.25) is 0 Å². The minimum atomic E-state index is -10.3. The Bertz CT molecular complexity index is 1200. The van der Waals surface area contributed by atoms with Crippen LogP contribution in [-0.4, -0.2) is 49.0 Å². The number of carbonyl (C=O) groups excluding carboxylic acids is 2. The summed E-state index contributed by atoms with van der Waals surface area (Å²) in [5.41, 5.74) is -4.12. The van der Waals surface area contributed by atoms with Gasteiger partial charge >= 0.3 is 28.5 Å². The van der Waals surface area contributed by atoms with Crippen molar-refractivity contribution < 1.29 is 71.1 Å². The van der Waals surface area contributed by atoms with E-state index in [4.69, 9.17) is 0 Å². The van der Waals surface area contributed by atoms with E-state index in [1.165, 1.54) is 13.8 Å². The number of rotatable bonds is 9. The fraction of sp³-hybridized carbons (Fsp3) is 0.500. The molecule has 1 heterocycles. The molecule has 1 aliphatic heterocycles. The molecule has 1 aromatic rings. The van der Waals surface area contributed by atoms with E-state index < -0.39 is 92.0 Å². The Kier molecular flexibility index (Phi) is 7.80. The molecule has 10 nitrogen and oxygen atoms in total. The van der Waals surface area contributed by atoms with Crippen LogP contribution in [0.4, 0.5) is 37.4 Å². The highest BCUT2D eigenvalue weighted by atomic mass is 32.5. The van der Waals surface area contributed by atoms with Crippen LogP contribution < -0.4 is 4.74 Å². The fourth-order valence-corrected chi connectivity index (χ4v) is 3.78. The predicted octanol–water partition coefficient (Wildman–Crippen LogP) is 6.64. The van der Waals surface area contributed by atoms with Gasteiger partial charge in [-0.2, -0.15) is 13.2 Å². The van der Waals surface area contributed by atoms with E-state index in [9.17, 15) is 52.3 Å². The molecular formula is C20H21F8NO9S. The van der Waals surface area contributed by atoms with Crippen molar-refractivity contribution in [3.05, 3.63) is 38.9 Å². The van der Waals surface area contributed by atoms with Crippen molar-refractivity contribution in [3.63, 3.8) is 0 Å².